The second-order valence-electron chi connectivity index (χ2n) is 5.69. The van der Waals surface area contributed by atoms with Crippen LogP contribution in [0.15, 0.2) is 34.8 Å². The van der Waals surface area contributed by atoms with Crippen LogP contribution in [0.4, 0.5) is 0 Å². The number of hydrogen-bond donors (Lipinski definition) is 0. The number of ether oxygens (including phenoxy) is 1. The fraction of sp³-hybridized carbons (Fsp3) is 0.389. The Balaban J connectivity index is 2.10. The minimum atomic E-state index is 0.234. The zero-order valence-electron chi connectivity index (χ0n) is 12.6. The van der Waals surface area contributed by atoms with Crippen molar-refractivity contribution in [2.75, 3.05) is 7.11 Å². The summed E-state index contributed by atoms with van der Waals surface area (Å²) in [6.45, 7) is 0. The second-order valence-corrected chi connectivity index (χ2v) is 6.08. The number of benzene rings is 1. The van der Waals surface area contributed by atoms with Crippen molar-refractivity contribution >= 4 is 28.5 Å². The zero-order chi connectivity index (χ0) is 15.5. The normalized spacial score (nSPS) is 21.5. The van der Waals surface area contributed by atoms with E-state index in [1.54, 1.807) is 7.11 Å². The lowest BCUT2D eigenvalue weighted by Gasteiger charge is -2.26. The topological polar surface area (TPSA) is 45.4 Å². The molecule has 112 valence electrons. The average Bonchev–Trinajstić information content (AvgIpc) is 2.78. The summed E-state index contributed by atoms with van der Waals surface area (Å²) >= 11 is 5.37. The van der Waals surface area contributed by atoms with Crippen LogP contribution in [-0.4, -0.2) is 17.8 Å². The highest BCUT2D eigenvalue weighted by Gasteiger charge is 2.31. The summed E-state index contributed by atoms with van der Waals surface area (Å²) in [5.74, 6) is 1.05. The number of hydrogen-bond acceptors (Lipinski definition) is 3. The number of allylic oxidation sites excluding steroid dienone is 1. The molecule has 3 nitrogen and oxygen atoms in total. The van der Waals surface area contributed by atoms with Crippen LogP contribution in [0.3, 0.4) is 0 Å². The molecule has 0 aromatic heterocycles. The van der Waals surface area contributed by atoms with Crippen LogP contribution in [0.2, 0.25) is 0 Å². The quantitative estimate of drug-likeness (QED) is 0.764. The predicted molar refractivity (Wildman–Crippen MR) is 92.1 cm³/mol. The Morgan fingerprint density at radius 1 is 1.23 bits per heavy atom. The van der Waals surface area contributed by atoms with Gasteiger partial charge in [-0.1, -0.05) is 37.2 Å². The third kappa shape index (κ3) is 2.69. The first kappa shape index (κ1) is 14.9. The van der Waals surface area contributed by atoms with Crippen molar-refractivity contribution in [1.29, 1.82) is 5.26 Å². The molecule has 0 radical (unpaired) electrons. The molecule has 0 bridgehead atoms. The first-order valence-electron chi connectivity index (χ1n) is 7.65. The van der Waals surface area contributed by atoms with Crippen LogP contribution in [-0.2, 0) is 0 Å². The molecule has 3 rings (SSSR count). The highest BCUT2D eigenvalue weighted by molar-refractivity contribution is 7.80. The summed E-state index contributed by atoms with van der Waals surface area (Å²) in [7, 11) is 1.65. The number of dihydropyridines is 1. The summed E-state index contributed by atoms with van der Waals surface area (Å²) in [6.07, 6.45) is 5.60. The number of aliphatic imine (C=N–C) groups is 1. The lowest BCUT2D eigenvalue weighted by atomic mass is 9.81. The number of nitriles is 1. The van der Waals surface area contributed by atoms with Crippen molar-refractivity contribution in [1.82, 2.24) is 0 Å². The highest BCUT2D eigenvalue weighted by Crippen LogP contribution is 2.39. The van der Waals surface area contributed by atoms with E-state index in [4.69, 9.17) is 17.0 Å². The summed E-state index contributed by atoms with van der Waals surface area (Å²) in [5, 5.41) is 9.57. The molecule has 2 aliphatic rings. The molecule has 0 spiro atoms. The van der Waals surface area contributed by atoms with Crippen molar-refractivity contribution < 1.29 is 4.74 Å². The van der Waals surface area contributed by atoms with Crippen LogP contribution < -0.4 is 4.74 Å². The van der Waals surface area contributed by atoms with E-state index < -0.39 is 0 Å². The minimum absolute atomic E-state index is 0.234. The summed E-state index contributed by atoms with van der Waals surface area (Å²) in [6, 6.07) is 10.2. The van der Waals surface area contributed by atoms with Gasteiger partial charge < -0.3 is 4.74 Å². The van der Waals surface area contributed by atoms with Gasteiger partial charge in [0.25, 0.3) is 0 Å². The van der Waals surface area contributed by atoms with Gasteiger partial charge in [-0.3, -0.25) is 0 Å². The van der Waals surface area contributed by atoms with Crippen molar-refractivity contribution in [3.8, 4) is 11.8 Å². The van der Waals surface area contributed by atoms with E-state index in [0.717, 1.165) is 41.9 Å². The molecule has 1 saturated carbocycles. The molecule has 1 heterocycles. The molecule has 1 aliphatic heterocycles. The lowest BCUT2D eigenvalue weighted by molar-refractivity contribution is 0.415. The Labute approximate surface area is 136 Å². The molecular weight excluding hydrogens is 292 g/mol. The van der Waals surface area contributed by atoms with Gasteiger partial charge in [-0.15, -0.1) is 0 Å². The van der Waals surface area contributed by atoms with Gasteiger partial charge in [0.15, 0.2) is 0 Å². The summed E-state index contributed by atoms with van der Waals surface area (Å²) in [5.41, 5.74) is 3.84. The fourth-order valence-corrected chi connectivity index (χ4v) is 3.59. The maximum absolute atomic E-state index is 9.57. The van der Waals surface area contributed by atoms with Gasteiger partial charge in [0, 0.05) is 11.6 Å². The van der Waals surface area contributed by atoms with Crippen molar-refractivity contribution in [3.05, 3.63) is 35.4 Å². The third-order valence-electron chi connectivity index (χ3n) is 4.42. The molecule has 1 aliphatic carbocycles. The molecule has 0 amide bonds. The minimum Gasteiger partial charge on any atom is -0.497 e. The molecule has 22 heavy (non-hydrogen) atoms. The smallest absolute Gasteiger partial charge is 0.144 e. The van der Waals surface area contributed by atoms with Gasteiger partial charge in [-0.25, -0.2) is 4.99 Å². The van der Waals surface area contributed by atoms with Crippen LogP contribution in [0.1, 0.15) is 37.7 Å². The monoisotopic (exact) mass is 310 g/mol. The standard InChI is InChI=1S/C18H18N2OS/c1-21-13-9-7-12(8-10-13)17-14-5-3-2-4-6-16(14)20-18(22)15(17)11-19/h7-10,14H,2-6H2,1H3. The molecule has 1 fully saturated rings. The number of rotatable bonds is 2. The number of fused-ring (bicyclic) bond motifs is 1. The molecule has 0 saturated heterocycles. The summed E-state index contributed by atoms with van der Waals surface area (Å²) < 4.78 is 5.23. The van der Waals surface area contributed by atoms with E-state index in [0.29, 0.717) is 10.6 Å². The molecule has 4 heteroatoms. The largest absolute Gasteiger partial charge is 0.497 e. The van der Waals surface area contributed by atoms with E-state index in [1.807, 2.05) is 24.3 Å². The van der Waals surface area contributed by atoms with Gasteiger partial charge in [0.1, 0.15) is 16.8 Å². The molecule has 1 aromatic rings. The van der Waals surface area contributed by atoms with Crippen LogP contribution >= 0.6 is 12.2 Å². The molecule has 1 atom stereocenters. The molecular formula is C18H18N2OS. The van der Waals surface area contributed by atoms with Crippen molar-refractivity contribution in [2.45, 2.75) is 32.1 Å². The highest BCUT2D eigenvalue weighted by atomic mass is 32.1. The van der Waals surface area contributed by atoms with E-state index in [1.165, 1.54) is 12.8 Å². The van der Waals surface area contributed by atoms with E-state index in [9.17, 15) is 5.26 Å². The Bertz CT molecular complexity index is 695. The van der Waals surface area contributed by atoms with Crippen LogP contribution in [0, 0.1) is 17.2 Å². The van der Waals surface area contributed by atoms with Gasteiger partial charge in [0.05, 0.1) is 12.7 Å². The predicted octanol–water partition coefficient (Wildman–Crippen LogP) is 4.33. The summed E-state index contributed by atoms with van der Waals surface area (Å²) in [4.78, 5) is 5.01. The van der Waals surface area contributed by atoms with E-state index in [2.05, 4.69) is 11.1 Å². The Kier molecular flexibility index (Phi) is 4.35. The van der Waals surface area contributed by atoms with E-state index >= 15 is 0 Å². The first-order chi connectivity index (χ1) is 10.7. The number of methoxy groups -OCH3 is 1. The SMILES string of the molecule is COc1ccc(C2=C(C#N)C(=S)N=C3CCCCCC32)cc1. The van der Waals surface area contributed by atoms with Crippen molar-refractivity contribution in [3.63, 3.8) is 0 Å². The average molecular weight is 310 g/mol. The Morgan fingerprint density at radius 2 is 2.00 bits per heavy atom. The zero-order valence-corrected chi connectivity index (χ0v) is 13.4. The van der Waals surface area contributed by atoms with Crippen LogP contribution in [0.25, 0.3) is 5.57 Å². The van der Waals surface area contributed by atoms with Crippen molar-refractivity contribution in [2.24, 2.45) is 10.9 Å². The Morgan fingerprint density at radius 3 is 2.68 bits per heavy atom. The van der Waals surface area contributed by atoms with E-state index in [-0.39, 0.29) is 5.92 Å². The molecule has 1 aromatic carbocycles. The molecule has 0 N–H and O–H groups in total. The lowest BCUT2D eigenvalue weighted by Crippen LogP contribution is -2.23. The third-order valence-corrected chi connectivity index (χ3v) is 4.71. The van der Waals surface area contributed by atoms with Gasteiger partial charge in [-0.05, 0) is 42.5 Å². The number of thiocarbonyl (C=S) groups is 1. The number of nitrogens with zero attached hydrogens (tertiary/aromatic N) is 2. The first-order valence-corrected chi connectivity index (χ1v) is 8.06. The Hall–Kier alpha value is -1.99. The fourth-order valence-electron chi connectivity index (χ4n) is 3.32. The van der Waals surface area contributed by atoms with Crippen LogP contribution in [0.5, 0.6) is 5.75 Å². The van der Waals surface area contributed by atoms with Gasteiger partial charge in [0.2, 0.25) is 0 Å². The maximum Gasteiger partial charge on any atom is 0.144 e. The second kappa shape index (κ2) is 6.41. The maximum atomic E-state index is 9.57. The van der Waals surface area contributed by atoms with Gasteiger partial charge >= 0.3 is 0 Å². The molecule has 1 unspecified atom stereocenters. The van der Waals surface area contributed by atoms with Gasteiger partial charge in [-0.2, -0.15) is 5.26 Å².